The molecule has 0 bridgehead atoms. The largest absolute Gasteiger partial charge is 0.503 e. The van der Waals surface area contributed by atoms with Gasteiger partial charge in [-0.2, -0.15) is 0 Å². The molecule has 0 saturated carbocycles. The fourth-order valence-electron chi connectivity index (χ4n) is 2.70. The molecule has 1 aliphatic rings. The highest BCUT2D eigenvalue weighted by Gasteiger charge is 2.42. The summed E-state index contributed by atoms with van der Waals surface area (Å²) in [6, 6.07) is 17.0. The van der Waals surface area contributed by atoms with Crippen LogP contribution in [0.3, 0.4) is 0 Å². The lowest BCUT2D eigenvalue weighted by Crippen LogP contribution is -2.37. The van der Waals surface area contributed by atoms with Gasteiger partial charge in [-0.15, -0.1) is 0 Å². The molecule has 110 valence electrons. The molecule has 4 heteroatoms. The van der Waals surface area contributed by atoms with Gasteiger partial charge in [0, 0.05) is 18.2 Å². The van der Waals surface area contributed by atoms with Gasteiger partial charge in [0.1, 0.15) is 6.04 Å². The average molecular weight is 293 g/mol. The Kier molecular flexibility index (Phi) is 3.51. The first kappa shape index (κ1) is 14.1. The minimum Gasteiger partial charge on any atom is -0.503 e. The second-order valence-electron chi connectivity index (χ2n) is 5.18. The maximum Gasteiger partial charge on any atom is 0.289 e. The van der Waals surface area contributed by atoms with Gasteiger partial charge >= 0.3 is 0 Å². The fourth-order valence-corrected chi connectivity index (χ4v) is 2.70. The van der Waals surface area contributed by atoms with Crippen molar-refractivity contribution in [2.45, 2.75) is 6.04 Å². The zero-order valence-electron chi connectivity index (χ0n) is 12.1. The Labute approximate surface area is 128 Å². The van der Waals surface area contributed by atoms with Crippen LogP contribution in [0.15, 0.2) is 66.4 Å². The standard InChI is InChI=1S/C18H15NO3/c1-19-15(16(20)13-10-6-3-7-11-13)14(17(21)18(19)22)12-8-4-2-5-9-12/h2-11,15,21H,1H3. The van der Waals surface area contributed by atoms with E-state index >= 15 is 0 Å². The maximum absolute atomic E-state index is 12.8. The highest BCUT2D eigenvalue weighted by atomic mass is 16.3. The number of nitrogens with zero attached hydrogens (tertiary/aromatic N) is 1. The molecule has 1 N–H and O–H groups in total. The number of ketones is 1. The molecule has 0 radical (unpaired) electrons. The number of aliphatic hydroxyl groups is 1. The average Bonchev–Trinajstić information content (AvgIpc) is 2.80. The van der Waals surface area contributed by atoms with Gasteiger partial charge in [0.25, 0.3) is 5.91 Å². The molecular weight excluding hydrogens is 278 g/mol. The van der Waals surface area contributed by atoms with E-state index in [1.54, 1.807) is 36.4 Å². The summed E-state index contributed by atoms with van der Waals surface area (Å²) in [4.78, 5) is 26.2. The summed E-state index contributed by atoms with van der Waals surface area (Å²) in [5, 5.41) is 10.2. The first-order valence-corrected chi connectivity index (χ1v) is 6.96. The summed E-state index contributed by atoms with van der Waals surface area (Å²) >= 11 is 0. The first-order valence-electron chi connectivity index (χ1n) is 6.96. The number of rotatable bonds is 3. The molecule has 0 fully saturated rings. The Morgan fingerprint density at radius 3 is 2.14 bits per heavy atom. The summed E-state index contributed by atoms with van der Waals surface area (Å²) in [5.74, 6) is -1.10. The third-order valence-electron chi connectivity index (χ3n) is 3.83. The number of aliphatic hydroxyl groups excluding tert-OH is 1. The minimum atomic E-state index is -0.808. The van der Waals surface area contributed by atoms with Crippen LogP contribution in [-0.4, -0.2) is 34.8 Å². The summed E-state index contributed by atoms with van der Waals surface area (Å²) in [6.45, 7) is 0. The Bertz CT molecular complexity index is 750. The highest BCUT2D eigenvalue weighted by molar-refractivity contribution is 6.17. The lowest BCUT2D eigenvalue weighted by atomic mass is 9.93. The van der Waals surface area contributed by atoms with Crippen molar-refractivity contribution in [2.24, 2.45) is 0 Å². The number of amides is 1. The minimum absolute atomic E-state index is 0.209. The van der Waals surface area contributed by atoms with Crippen LogP contribution in [0.25, 0.3) is 5.57 Å². The third kappa shape index (κ3) is 2.19. The zero-order chi connectivity index (χ0) is 15.7. The molecule has 1 aliphatic heterocycles. The fraction of sp³-hybridized carbons (Fsp3) is 0.111. The van der Waals surface area contributed by atoms with Crippen LogP contribution in [0, 0.1) is 0 Å². The summed E-state index contributed by atoms with van der Waals surface area (Å²) in [7, 11) is 1.53. The molecule has 1 amide bonds. The predicted molar refractivity (Wildman–Crippen MR) is 83.3 cm³/mol. The molecule has 1 unspecified atom stereocenters. The molecule has 4 nitrogen and oxygen atoms in total. The van der Waals surface area contributed by atoms with E-state index in [4.69, 9.17) is 0 Å². The van der Waals surface area contributed by atoms with Crippen LogP contribution in [0.1, 0.15) is 15.9 Å². The van der Waals surface area contributed by atoms with Crippen LogP contribution in [0.5, 0.6) is 0 Å². The Hall–Kier alpha value is -2.88. The molecular formula is C18H15NO3. The summed E-state index contributed by atoms with van der Waals surface area (Å²) in [5.41, 5.74) is 1.55. The number of carbonyl (C=O) groups excluding carboxylic acids is 2. The molecule has 0 spiro atoms. The summed E-state index contributed by atoms with van der Waals surface area (Å²) in [6.07, 6.45) is 0. The van der Waals surface area contributed by atoms with E-state index in [0.717, 1.165) is 0 Å². The van der Waals surface area contributed by atoms with Crippen molar-refractivity contribution in [3.8, 4) is 0 Å². The van der Waals surface area contributed by atoms with Crippen molar-refractivity contribution in [3.63, 3.8) is 0 Å². The topological polar surface area (TPSA) is 57.6 Å². The van der Waals surface area contributed by atoms with E-state index in [2.05, 4.69) is 0 Å². The number of benzene rings is 2. The second kappa shape index (κ2) is 5.48. The van der Waals surface area contributed by atoms with Crippen molar-refractivity contribution in [1.82, 2.24) is 4.90 Å². The normalized spacial score (nSPS) is 18.0. The van der Waals surface area contributed by atoms with Gasteiger partial charge in [-0.3, -0.25) is 9.59 Å². The van der Waals surface area contributed by atoms with Crippen molar-refractivity contribution in [1.29, 1.82) is 0 Å². The second-order valence-corrected chi connectivity index (χ2v) is 5.18. The predicted octanol–water partition coefficient (Wildman–Crippen LogP) is 2.68. The molecule has 2 aromatic rings. The quantitative estimate of drug-likeness (QED) is 0.885. The Morgan fingerprint density at radius 2 is 1.55 bits per heavy atom. The highest BCUT2D eigenvalue weighted by Crippen LogP contribution is 2.33. The van der Waals surface area contributed by atoms with Crippen molar-refractivity contribution < 1.29 is 14.7 Å². The number of hydrogen-bond donors (Lipinski definition) is 1. The molecule has 1 atom stereocenters. The molecule has 0 aromatic heterocycles. The van der Waals surface area contributed by atoms with E-state index in [1.165, 1.54) is 11.9 Å². The Morgan fingerprint density at radius 1 is 1.00 bits per heavy atom. The van der Waals surface area contributed by atoms with Crippen LogP contribution < -0.4 is 0 Å². The van der Waals surface area contributed by atoms with E-state index in [0.29, 0.717) is 16.7 Å². The first-order chi connectivity index (χ1) is 10.6. The zero-order valence-corrected chi connectivity index (χ0v) is 12.1. The number of carbonyl (C=O) groups is 2. The molecule has 0 saturated heterocycles. The molecule has 22 heavy (non-hydrogen) atoms. The van der Waals surface area contributed by atoms with Gasteiger partial charge in [-0.25, -0.2) is 0 Å². The van der Waals surface area contributed by atoms with Crippen molar-refractivity contribution in [3.05, 3.63) is 77.5 Å². The molecule has 3 rings (SSSR count). The smallest absolute Gasteiger partial charge is 0.289 e. The van der Waals surface area contributed by atoms with Crippen LogP contribution in [0.2, 0.25) is 0 Å². The van der Waals surface area contributed by atoms with Gasteiger partial charge in [0.15, 0.2) is 11.5 Å². The number of Topliss-reactive ketones (excluding diaryl/α,β-unsaturated/α-hetero) is 1. The number of likely N-dealkylation sites (N-methyl/N-ethyl adjacent to an activating group) is 1. The summed E-state index contributed by atoms with van der Waals surface area (Å²) < 4.78 is 0. The van der Waals surface area contributed by atoms with Crippen molar-refractivity contribution in [2.75, 3.05) is 7.05 Å². The third-order valence-corrected chi connectivity index (χ3v) is 3.83. The van der Waals surface area contributed by atoms with Gasteiger partial charge in [0.05, 0.1) is 0 Å². The lowest BCUT2D eigenvalue weighted by Gasteiger charge is -2.21. The van der Waals surface area contributed by atoms with E-state index in [9.17, 15) is 14.7 Å². The van der Waals surface area contributed by atoms with E-state index in [1.807, 2.05) is 24.3 Å². The molecule has 2 aromatic carbocycles. The van der Waals surface area contributed by atoms with Gasteiger partial charge in [0.2, 0.25) is 0 Å². The molecule has 0 aliphatic carbocycles. The Balaban J connectivity index is 2.09. The van der Waals surface area contributed by atoms with E-state index < -0.39 is 11.9 Å². The monoisotopic (exact) mass is 293 g/mol. The van der Waals surface area contributed by atoms with Gasteiger partial charge in [-0.05, 0) is 5.56 Å². The van der Waals surface area contributed by atoms with Gasteiger partial charge in [-0.1, -0.05) is 60.7 Å². The molecule has 1 heterocycles. The van der Waals surface area contributed by atoms with Crippen molar-refractivity contribution >= 4 is 17.3 Å². The van der Waals surface area contributed by atoms with Crippen LogP contribution in [0.4, 0.5) is 0 Å². The lowest BCUT2D eigenvalue weighted by molar-refractivity contribution is -0.127. The number of hydrogen-bond acceptors (Lipinski definition) is 3. The maximum atomic E-state index is 12.8. The van der Waals surface area contributed by atoms with Gasteiger partial charge < -0.3 is 10.0 Å². The SMILES string of the molecule is CN1C(=O)C(O)=C(c2ccccc2)C1C(=O)c1ccccc1. The van der Waals surface area contributed by atoms with E-state index in [-0.39, 0.29) is 11.5 Å². The van der Waals surface area contributed by atoms with Crippen LogP contribution >= 0.6 is 0 Å². The van der Waals surface area contributed by atoms with Crippen LogP contribution in [-0.2, 0) is 4.79 Å².